The van der Waals surface area contributed by atoms with E-state index in [4.69, 9.17) is 23.1 Å². The van der Waals surface area contributed by atoms with Crippen LogP contribution >= 0.6 is 11.6 Å². The topological polar surface area (TPSA) is 72.3 Å². The van der Waals surface area contributed by atoms with Gasteiger partial charge in [0.2, 0.25) is 0 Å². The summed E-state index contributed by atoms with van der Waals surface area (Å²) in [6.45, 7) is 2.94. The van der Waals surface area contributed by atoms with Gasteiger partial charge in [0.15, 0.2) is 5.78 Å². The van der Waals surface area contributed by atoms with Crippen molar-refractivity contribution in [3.63, 3.8) is 0 Å². The molecule has 3 aromatic rings. The number of hydrogen-bond donors (Lipinski definition) is 2. The van der Waals surface area contributed by atoms with Gasteiger partial charge in [-0.15, -0.1) is 0 Å². The van der Waals surface area contributed by atoms with Gasteiger partial charge in [-0.05, 0) is 74.1 Å². The Kier molecular flexibility index (Phi) is 6.71. The smallest absolute Gasteiger partial charge is 0.166 e. The van der Waals surface area contributed by atoms with Gasteiger partial charge in [-0.1, -0.05) is 48.0 Å². The van der Waals surface area contributed by atoms with E-state index in [1.54, 1.807) is 6.07 Å². The molecule has 0 aliphatic heterocycles. The zero-order valence-electron chi connectivity index (χ0n) is 18.4. The van der Waals surface area contributed by atoms with Crippen LogP contribution in [0.25, 0.3) is 0 Å². The van der Waals surface area contributed by atoms with Gasteiger partial charge in [0, 0.05) is 35.4 Å². The Balaban J connectivity index is 1.54. The molecule has 32 heavy (non-hydrogen) atoms. The van der Waals surface area contributed by atoms with Gasteiger partial charge in [-0.25, -0.2) is 0 Å². The highest BCUT2D eigenvalue weighted by Gasteiger charge is 2.30. The van der Waals surface area contributed by atoms with Crippen molar-refractivity contribution in [3.8, 4) is 0 Å². The number of anilines is 3. The molecule has 0 heterocycles. The Hall–Kier alpha value is -2.98. The third-order valence-corrected chi connectivity index (χ3v) is 6.92. The van der Waals surface area contributed by atoms with Crippen molar-refractivity contribution in [1.82, 2.24) is 0 Å². The average molecular weight is 448 g/mol. The maximum Gasteiger partial charge on any atom is 0.166 e. The van der Waals surface area contributed by atoms with Crippen molar-refractivity contribution in [2.45, 2.75) is 45.2 Å². The summed E-state index contributed by atoms with van der Waals surface area (Å²) in [5.41, 5.74) is 17.4. The standard InChI is InChI=1S/C27H30ClN3O/c1-18-5-2-3-6-21(18)17-31(24-13-14-26(30)25(28)16-24)23-11-9-19(10-12-23)27(32)20-7-4-8-22(29)15-20/h2-8,13-16,19,23H,9-12,17,29-30H2,1H3. The number of halogens is 1. The predicted molar refractivity (Wildman–Crippen MR) is 134 cm³/mol. The minimum atomic E-state index is 0.0448. The molecule has 0 amide bonds. The number of nitrogen functional groups attached to an aromatic ring is 2. The molecule has 0 atom stereocenters. The van der Waals surface area contributed by atoms with Crippen LogP contribution in [0.5, 0.6) is 0 Å². The molecule has 0 aromatic heterocycles. The Morgan fingerprint density at radius 2 is 1.72 bits per heavy atom. The largest absolute Gasteiger partial charge is 0.399 e. The average Bonchev–Trinajstić information content (AvgIpc) is 2.80. The third-order valence-electron chi connectivity index (χ3n) is 6.60. The lowest BCUT2D eigenvalue weighted by Crippen LogP contribution is -2.39. The molecule has 0 bridgehead atoms. The van der Waals surface area contributed by atoms with Crippen LogP contribution in [0.1, 0.15) is 47.2 Å². The summed E-state index contributed by atoms with van der Waals surface area (Å²) in [7, 11) is 0. The second-order valence-electron chi connectivity index (χ2n) is 8.76. The molecule has 1 aliphatic carbocycles. The number of carbonyl (C=O) groups is 1. The van der Waals surface area contributed by atoms with Crippen LogP contribution in [0, 0.1) is 12.8 Å². The zero-order chi connectivity index (χ0) is 22.7. The number of hydrogen-bond acceptors (Lipinski definition) is 4. The van der Waals surface area contributed by atoms with Crippen LogP contribution in [0.3, 0.4) is 0 Å². The Labute approximate surface area is 195 Å². The summed E-state index contributed by atoms with van der Waals surface area (Å²) in [6.07, 6.45) is 3.63. The normalized spacial score (nSPS) is 18.3. The number of nitrogens with two attached hydrogens (primary N) is 2. The van der Waals surface area contributed by atoms with E-state index in [9.17, 15) is 4.79 Å². The summed E-state index contributed by atoms with van der Waals surface area (Å²) < 4.78 is 0. The van der Waals surface area contributed by atoms with E-state index >= 15 is 0 Å². The molecule has 0 radical (unpaired) electrons. The fourth-order valence-electron chi connectivity index (χ4n) is 4.67. The monoisotopic (exact) mass is 447 g/mol. The highest BCUT2D eigenvalue weighted by Crippen LogP contribution is 2.35. The molecule has 1 aliphatic rings. The summed E-state index contributed by atoms with van der Waals surface area (Å²) in [5.74, 6) is 0.250. The van der Waals surface area contributed by atoms with E-state index in [0.717, 1.165) is 43.5 Å². The molecule has 1 saturated carbocycles. The van der Waals surface area contributed by atoms with Crippen molar-refractivity contribution >= 4 is 34.4 Å². The second-order valence-corrected chi connectivity index (χ2v) is 9.16. The van der Waals surface area contributed by atoms with E-state index in [0.29, 0.717) is 22.4 Å². The van der Waals surface area contributed by atoms with Gasteiger partial charge in [-0.3, -0.25) is 4.79 Å². The fourth-order valence-corrected chi connectivity index (χ4v) is 4.85. The number of ketones is 1. The van der Waals surface area contributed by atoms with Gasteiger partial charge < -0.3 is 16.4 Å². The van der Waals surface area contributed by atoms with Crippen LogP contribution in [0.4, 0.5) is 17.1 Å². The van der Waals surface area contributed by atoms with Crippen LogP contribution < -0.4 is 16.4 Å². The van der Waals surface area contributed by atoms with E-state index in [1.807, 2.05) is 36.4 Å². The van der Waals surface area contributed by atoms with Crippen LogP contribution in [0.2, 0.25) is 5.02 Å². The molecule has 0 unspecified atom stereocenters. The number of aryl methyl sites for hydroxylation is 1. The summed E-state index contributed by atoms with van der Waals surface area (Å²) >= 11 is 6.37. The molecule has 1 fully saturated rings. The maximum absolute atomic E-state index is 13.0. The van der Waals surface area contributed by atoms with Gasteiger partial charge in [0.1, 0.15) is 0 Å². The highest BCUT2D eigenvalue weighted by molar-refractivity contribution is 6.33. The Morgan fingerprint density at radius 1 is 0.969 bits per heavy atom. The number of rotatable bonds is 6. The third kappa shape index (κ3) is 4.91. The quantitative estimate of drug-likeness (QED) is 0.345. The summed E-state index contributed by atoms with van der Waals surface area (Å²) in [4.78, 5) is 15.4. The first-order chi connectivity index (χ1) is 15.4. The molecule has 3 aromatic carbocycles. The van der Waals surface area contributed by atoms with Gasteiger partial charge in [0.05, 0.1) is 10.7 Å². The lowest BCUT2D eigenvalue weighted by atomic mass is 9.80. The molecule has 166 valence electrons. The van der Waals surface area contributed by atoms with Crippen molar-refractivity contribution in [1.29, 1.82) is 0 Å². The van der Waals surface area contributed by atoms with E-state index < -0.39 is 0 Å². The van der Waals surface area contributed by atoms with E-state index in [1.165, 1.54) is 11.1 Å². The van der Waals surface area contributed by atoms with Gasteiger partial charge >= 0.3 is 0 Å². The first-order valence-electron chi connectivity index (χ1n) is 11.2. The number of benzene rings is 3. The van der Waals surface area contributed by atoms with Gasteiger partial charge in [0.25, 0.3) is 0 Å². The molecular weight excluding hydrogens is 418 g/mol. The maximum atomic E-state index is 13.0. The Morgan fingerprint density at radius 3 is 2.41 bits per heavy atom. The number of nitrogens with zero attached hydrogens (tertiary/aromatic N) is 1. The first-order valence-corrected chi connectivity index (χ1v) is 11.6. The minimum absolute atomic E-state index is 0.0448. The molecule has 0 spiro atoms. The molecule has 4 N–H and O–H groups in total. The van der Waals surface area contributed by atoms with Crippen LogP contribution in [-0.2, 0) is 6.54 Å². The first kappa shape index (κ1) is 22.2. The lowest BCUT2D eigenvalue weighted by molar-refractivity contribution is 0.0883. The summed E-state index contributed by atoms with van der Waals surface area (Å²) in [6, 6.07) is 22.0. The SMILES string of the molecule is Cc1ccccc1CN(c1ccc(N)c(Cl)c1)C1CCC(C(=O)c2cccc(N)c2)CC1. The highest BCUT2D eigenvalue weighted by atomic mass is 35.5. The lowest BCUT2D eigenvalue weighted by Gasteiger charge is -2.38. The van der Waals surface area contributed by atoms with Gasteiger partial charge in [-0.2, -0.15) is 0 Å². The molecule has 4 rings (SSSR count). The Bertz CT molecular complexity index is 1110. The molecular formula is C27H30ClN3O. The van der Waals surface area contributed by atoms with Crippen molar-refractivity contribution in [2.24, 2.45) is 5.92 Å². The second kappa shape index (κ2) is 9.66. The fraction of sp³-hybridized carbons (Fsp3) is 0.296. The van der Waals surface area contributed by atoms with E-state index in [2.05, 4.69) is 36.1 Å². The molecule has 4 nitrogen and oxygen atoms in total. The molecule has 0 saturated heterocycles. The summed E-state index contributed by atoms with van der Waals surface area (Å²) in [5, 5.41) is 0.572. The van der Waals surface area contributed by atoms with Crippen molar-refractivity contribution in [3.05, 3.63) is 88.4 Å². The van der Waals surface area contributed by atoms with E-state index in [-0.39, 0.29) is 11.7 Å². The van der Waals surface area contributed by atoms with Crippen LogP contribution in [-0.4, -0.2) is 11.8 Å². The molecule has 5 heteroatoms. The number of Topliss-reactive ketones (excluding diaryl/α,β-unsaturated/α-hetero) is 1. The number of carbonyl (C=O) groups excluding carboxylic acids is 1. The predicted octanol–water partition coefficient (Wildman–Crippen LogP) is 6.26. The van der Waals surface area contributed by atoms with Crippen molar-refractivity contribution < 1.29 is 4.79 Å². The minimum Gasteiger partial charge on any atom is -0.399 e. The van der Waals surface area contributed by atoms with Crippen LogP contribution in [0.15, 0.2) is 66.7 Å². The van der Waals surface area contributed by atoms with Crippen molar-refractivity contribution in [2.75, 3.05) is 16.4 Å². The zero-order valence-corrected chi connectivity index (χ0v) is 19.2.